The molecule has 3 aromatic rings. The molecule has 0 atom stereocenters. The number of benzene rings is 1. The van der Waals surface area contributed by atoms with Crippen LogP contribution in [-0.2, 0) is 0 Å². The lowest BCUT2D eigenvalue weighted by molar-refractivity contribution is 0.102. The number of fused-ring (bicyclic) bond motifs is 1. The van der Waals surface area contributed by atoms with E-state index in [0.717, 1.165) is 30.2 Å². The molecule has 2 heterocycles. The first-order valence-electron chi connectivity index (χ1n) is 9.25. The van der Waals surface area contributed by atoms with Crippen LogP contribution in [0.15, 0.2) is 27.2 Å². The van der Waals surface area contributed by atoms with E-state index < -0.39 is 0 Å². The van der Waals surface area contributed by atoms with Crippen molar-refractivity contribution in [3.05, 3.63) is 35.9 Å². The summed E-state index contributed by atoms with van der Waals surface area (Å²) in [5, 5.41) is 2.80. The van der Waals surface area contributed by atoms with E-state index in [2.05, 4.69) is 22.2 Å². The number of ether oxygens (including phenoxy) is 1. The van der Waals surface area contributed by atoms with Crippen LogP contribution in [0.4, 0.5) is 5.69 Å². The number of aryl methyl sites for hydroxylation is 1. The number of carbonyl (C=O) groups excluding carboxylic acids is 1. The van der Waals surface area contributed by atoms with Crippen LogP contribution in [0, 0.1) is 12.8 Å². The third-order valence-electron chi connectivity index (χ3n) is 5.19. The van der Waals surface area contributed by atoms with E-state index in [-0.39, 0.29) is 11.6 Å². The summed E-state index contributed by atoms with van der Waals surface area (Å²) in [5.74, 6) is 2.49. The monoisotopic (exact) mass is 369 g/mol. The minimum absolute atomic E-state index is 0.212. The first-order valence-corrected chi connectivity index (χ1v) is 9.25. The Labute approximate surface area is 157 Å². The molecule has 1 aliphatic rings. The van der Waals surface area contributed by atoms with Gasteiger partial charge in [-0.25, -0.2) is 9.97 Å². The molecule has 1 aliphatic carbocycles. The van der Waals surface area contributed by atoms with Crippen LogP contribution < -0.4 is 10.1 Å². The molecule has 7 heteroatoms. The number of nitrogens with one attached hydrogen (secondary N) is 1. The molecule has 2 aromatic heterocycles. The Morgan fingerprint density at radius 2 is 2.00 bits per heavy atom. The molecule has 0 bridgehead atoms. The number of anilines is 1. The summed E-state index contributed by atoms with van der Waals surface area (Å²) in [6.45, 7) is 3.98. The standard InChI is InChI=1S/C20H23N3O4/c1-11-4-6-13(7-5-11)20-23-15-8-17(25-3)14(9-18(15)27-20)22-19(24)16-10-26-12(2)21-16/h8-11,13H,4-7H2,1-3H3,(H,22,24). The molecular formula is C20H23N3O4. The number of carbonyl (C=O) groups is 1. The number of nitrogens with zero attached hydrogens (tertiary/aromatic N) is 2. The highest BCUT2D eigenvalue weighted by atomic mass is 16.5. The summed E-state index contributed by atoms with van der Waals surface area (Å²) in [6, 6.07) is 3.54. The van der Waals surface area contributed by atoms with Crippen LogP contribution in [0.5, 0.6) is 5.75 Å². The number of oxazole rings is 2. The normalized spacial score (nSPS) is 20.0. The number of hydrogen-bond acceptors (Lipinski definition) is 6. The lowest BCUT2D eigenvalue weighted by atomic mass is 9.83. The highest BCUT2D eigenvalue weighted by Gasteiger charge is 2.25. The van der Waals surface area contributed by atoms with Gasteiger partial charge in [-0.15, -0.1) is 0 Å². The topological polar surface area (TPSA) is 90.4 Å². The molecule has 142 valence electrons. The molecule has 0 saturated heterocycles. The van der Waals surface area contributed by atoms with Gasteiger partial charge in [-0.2, -0.15) is 0 Å². The third kappa shape index (κ3) is 3.54. The third-order valence-corrected chi connectivity index (χ3v) is 5.19. The first-order chi connectivity index (χ1) is 13.0. The summed E-state index contributed by atoms with van der Waals surface area (Å²) < 4.78 is 16.5. The molecule has 0 aliphatic heterocycles. The van der Waals surface area contributed by atoms with Gasteiger partial charge in [0.2, 0.25) is 0 Å². The molecule has 4 rings (SSSR count). The molecule has 1 amide bonds. The second-order valence-electron chi connectivity index (χ2n) is 7.24. The number of methoxy groups -OCH3 is 1. The van der Waals surface area contributed by atoms with E-state index in [1.54, 1.807) is 26.2 Å². The maximum absolute atomic E-state index is 12.4. The molecular weight excluding hydrogens is 346 g/mol. The maximum Gasteiger partial charge on any atom is 0.277 e. The van der Waals surface area contributed by atoms with Crippen LogP contribution in [0.2, 0.25) is 0 Å². The van der Waals surface area contributed by atoms with Gasteiger partial charge in [0, 0.05) is 25.0 Å². The van der Waals surface area contributed by atoms with Gasteiger partial charge in [0.1, 0.15) is 17.5 Å². The molecule has 7 nitrogen and oxygen atoms in total. The van der Waals surface area contributed by atoms with E-state index in [4.69, 9.17) is 13.6 Å². The molecule has 0 radical (unpaired) electrons. The molecule has 1 N–H and O–H groups in total. The summed E-state index contributed by atoms with van der Waals surface area (Å²) >= 11 is 0. The number of aromatic nitrogens is 2. The predicted molar refractivity (Wildman–Crippen MR) is 100 cm³/mol. The minimum atomic E-state index is -0.370. The Bertz CT molecular complexity index is 967. The molecule has 1 fully saturated rings. The van der Waals surface area contributed by atoms with E-state index in [1.807, 2.05) is 0 Å². The van der Waals surface area contributed by atoms with Crippen LogP contribution in [0.1, 0.15) is 60.8 Å². The van der Waals surface area contributed by atoms with Crippen molar-refractivity contribution in [1.29, 1.82) is 0 Å². The quantitative estimate of drug-likeness (QED) is 0.718. The number of rotatable bonds is 4. The lowest BCUT2D eigenvalue weighted by Gasteiger charge is -2.23. The van der Waals surface area contributed by atoms with Gasteiger partial charge in [0.25, 0.3) is 5.91 Å². The Morgan fingerprint density at radius 3 is 2.67 bits per heavy atom. The zero-order chi connectivity index (χ0) is 19.0. The fraction of sp³-hybridized carbons (Fsp3) is 0.450. The number of amides is 1. The van der Waals surface area contributed by atoms with Gasteiger partial charge in [-0.3, -0.25) is 4.79 Å². The van der Waals surface area contributed by atoms with Crippen molar-refractivity contribution in [2.75, 3.05) is 12.4 Å². The van der Waals surface area contributed by atoms with Gasteiger partial charge in [-0.05, 0) is 31.6 Å². The highest BCUT2D eigenvalue weighted by Crippen LogP contribution is 2.38. The largest absolute Gasteiger partial charge is 0.494 e. The Kier molecular flexibility index (Phi) is 4.59. The predicted octanol–water partition coefficient (Wildman–Crippen LogP) is 4.68. The van der Waals surface area contributed by atoms with Gasteiger partial charge < -0.3 is 18.9 Å². The van der Waals surface area contributed by atoms with Crippen LogP contribution in [0.25, 0.3) is 11.1 Å². The van der Waals surface area contributed by atoms with Crippen molar-refractivity contribution in [3.8, 4) is 5.75 Å². The maximum atomic E-state index is 12.4. The summed E-state index contributed by atoms with van der Waals surface area (Å²) in [4.78, 5) is 21.1. The smallest absolute Gasteiger partial charge is 0.277 e. The van der Waals surface area contributed by atoms with Crippen molar-refractivity contribution >= 4 is 22.7 Å². The second kappa shape index (κ2) is 7.06. The molecule has 0 spiro atoms. The van der Waals surface area contributed by atoms with Crippen LogP contribution in [0.3, 0.4) is 0 Å². The Balaban J connectivity index is 1.62. The minimum Gasteiger partial charge on any atom is -0.494 e. The van der Waals surface area contributed by atoms with Crippen molar-refractivity contribution in [2.24, 2.45) is 5.92 Å². The van der Waals surface area contributed by atoms with Crippen LogP contribution in [-0.4, -0.2) is 23.0 Å². The average molecular weight is 369 g/mol. The van der Waals surface area contributed by atoms with Crippen molar-refractivity contribution in [1.82, 2.24) is 9.97 Å². The fourth-order valence-electron chi connectivity index (χ4n) is 3.57. The average Bonchev–Trinajstić information content (AvgIpc) is 3.27. The summed E-state index contributed by atoms with van der Waals surface area (Å²) in [6.07, 6.45) is 5.92. The summed E-state index contributed by atoms with van der Waals surface area (Å²) in [7, 11) is 1.56. The van der Waals surface area contributed by atoms with Crippen molar-refractivity contribution in [2.45, 2.75) is 45.4 Å². The van der Waals surface area contributed by atoms with Gasteiger partial charge in [-0.1, -0.05) is 6.92 Å². The zero-order valence-corrected chi connectivity index (χ0v) is 15.7. The van der Waals surface area contributed by atoms with E-state index in [0.29, 0.717) is 28.8 Å². The highest BCUT2D eigenvalue weighted by molar-refractivity contribution is 6.04. The van der Waals surface area contributed by atoms with Crippen molar-refractivity contribution in [3.63, 3.8) is 0 Å². The lowest BCUT2D eigenvalue weighted by Crippen LogP contribution is -2.13. The molecule has 0 unspecified atom stereocenters. The van der Waals surface area contributed by atoms with Crippen molar-refractivity contribution < 1.29 is 18.4 Å². The van der Waals surface area contributed by atoms with E-state index in [9.17, 15) is 4.79 Å². The molecule has 27 heavy (non-hydrogen) atoms. The van der Waals surface area contributed by atoms with Crippen LogP contribution >= 0.6 is 0 Å². The Morgan fingerprint density at radius 1 is 1.22 bits per heavy atom. The first kappa shape index (κ1) is 17.6. The fourth-order valence-corrected chi connectivity index (χ4v) is 3.57. The second-order valence-corrected chi connectivity index (χ2v) is 7.24. The summed E-state index contributed by atoms with van der Waals surface area (Å²) in [5.41, 5.74) is 2.09. The zero-order valence-electron chi connectivity index (χ0n) is 15.7. The molecule has 1 saturated carbocycles. The van der Waals surface area contributed by atoms with E-state index in [1.165, 1.54) is 19.1 Å². The van der Waals surface area contributed by atoms with Gasteiger partial charge >= 0.3 is 0 Å². The Hall–Kier alpha value is -2.83. The SMILES string of the molecule is COc1cc2nc(C3CCC(C)CC3)oc2cc1NC(=O)c1coc(C)n1. The van der Waals surface area contributed by atoms with E-state index >= 15 is 0 Å². The molecule has 1 aromatic carbocycles. The van der Waals surface area contributed by atoms with Gasteiger partial charge in [0.15, 0.2) is 23.1 Å². The number of hydrogen-bond donors (Lipinski definition) is 1. The van der Waals surface area contributed by atoms with Gasteiger partial charge in [0.05, 0.1) is 12.8 Å².